The summed E-state index contributed by atoms with van der Waals surface area (Å²) in [6.45, 7) is 5.84. The topological polar surface area (TPSA) is 39.7 Å². The van der Waals surface area contributed by atoms with Gasteiger partial charge in [-0.1, -0.05) is 36.8 Å². The van der Waals surface area contributed by atoms with Crippen LogP contribution in [0, 0.1) is 0 Å². The number of hydrogen-bond donors (Lipinski definition) is 2. The second-order valence-corrected chi connectivity index (χ2v) is 7.61. The quantitative estimate of drug-likeness (QED) is 0.263. The van der Waals surface area contributed by atoms with Gasteiger partial charge in [0.15, 0.2) is 5.96 Å². The van der Waals surface area contributed by atoms with Crippen LogP contribution in [0.15, 0.2) is 35.3 Å². The number of guanidine groups is 1. The summed E-state index contributed by atoms with van der Waals surface area (Å²) in [5, 5.41) is 7.06. The van der Waals surface area contributed by atoms with E-state index in [1.54, 1.807) is 0 Å². The highest BCUT2D eigenvalue weighted by Gasteiger charge is 2.38. The van der Waals surface area contributed by atoms with Crippen molar-refractivity contribution >= 4 is 29.9 Å². The second kappa shape index (κ2) is 11.1. The zero-order valence-corrected chi connectivity index (χ0v) is 18.5. The molecule has 1 heterocycles. The van der Waals surface area contributed by atoms with Gasteiger partial charge in [0, 0.05) is 25.6 Å². The summed E-state index contributed by atoms with van der Waals surface area (Å²) >= 11 is 0. The maximum absolute atomic E-state index is 4.40. The van der Waals surface area contributed by atoms with Gasteiger partial charge < -0.3 is 15.5 Å². The molecule has 26 heavy (non-hydrogen) atoms. The first kappa shape index (κ1) is 21.5. The molecule has 0 unspecified atom stereocenters. The molecule has 5 heteroatoms. The van der Waals surface area contributed by atoms with Gasteiger partial charge in [0.05, 0.1) is 0 Å². The number of hydrogen-bond acceptors (Lipinski definition) is 2. The molecule has 3 rings (SSSR count). The third kappa shape index (κ3) is 5.84. The number of halogens is 1. The number of nitrogens with zero attached hydrogens (tertiary/aromatic N) is 2. The van der Waals surface area contributed by atoms with E-state index in [9.17, 15) is 0 Å². The van der Waals surface area contributed by atoms with E-state index in [4.69, 9.17) is 0 Å². The number of rotatable bonds is 8. The monoisotopic (exact) mass is 470 g/mol. The van der Waals surface area contributed by atoms with Crippen LogP contribution >= 0.6 is 24.0 Å². The summed E-state index contributed by atoms with van der Waals surface area (Å²) in [5.41, 5.74) is 1.77. The number of likely N-dealkylation sites (tertiary alicyclic amines) is 1. The van der Waals surface area contributed by atoms with Crippen molar-refractivity contribution in [1.82, 2.24) is 15.5 Å². The molecule has 0 aromatic heterocycles. The maximum Gasteiger partial charge on any atom is 0.191 e. The molecule has 0 spiro atoms. The smallest absolute Gasteiger partial charge is 0.191 e. The third-order valence-electron chi connectivity index (χ3n) is 5.91. The predicted molar refractivity (Wildman–Crippen MR) is 122 cm³/mol. The fraction of sp³-hybridized carbons (Fsp3) is 0.667. The minimum atomic E-state index is 0. The lowest BCUT2D eigenvalue weighted by molar-refractivity contribution is 0.244. The van der Waals surface area contributed by atoms with E-state index in [1.807, 2.05) is 7.05 Å². The second-order valence-electron chi connectivity index (χ2n) is 7.61. The normalized spacial score (nSPS) is 19.5. The molecule has 2 aliphatic rings. The summed E-state index contributed by atoms with van der Waals surface area (Å²) in [6.07, 6.45) is 9.14. The molecular formula is C21H35IN4. The molecule has 2 N–H and O–H groups in total. The van der Waals surface area contributed by atoms with Crippen LogP contribution < -0.4 is 10.6 Å². The Hall–Kier alpha value is -0.820. The molecule has 1 aliphatic heterocycles. The van der Waals surface area contributed by atoms with Crippen molar-refractivity contribution in [3.05, 3.63) is 35.9 Å². The van der Waals surface area contributed by atoms with Crippen LogP contribution in [0.4, 0.5) is 0 Å². The highest BCUT2D eigenvalue weighted by atomic mass is 127. The lowest BCUT2D eigenvalue weighted by Gasteiger charge is -2.43. The van der Waals surface area contributed by atoms with Crippen molar-refractivity contribution in [2.45, 2.75) is 50.4 Å². The largest absolute Gasteiger partial charge is 0.356 e. The SMILES string of the molecule is CN=C(NCCCCN1CCCC1)NCC1(c2ccccc2)CCC1.I. The Balaban J connectivity index is 0.00000243. The fourth-order valence-corrected chi connectivity index (χ4v) is 4.11. The molecule has 0 bridgehead atoms. The molecule has 1 aromatic carbocycles. The standard InChI is InChI=1S/C21H34N4.HI/c1-22-20(23-14-5-6-15-25-16-7-8-17-25)24-18-21(12-9-13-21)19-10-3-2-4-11-19;/h2-4,10-11H,5-9,12-18H2,1H3,(H2,22,23,24);1H. The van der Waals surface area contributed by atoms with Gasteiger partial charge in [0.2, 0.25) is 0 Å². The van der Waals surface area contributed by atoms with Gasteiger partial charge in [0.1, 0.15) is 0 Å². The first-order valence-electron chi connectivity index (χ1n) is 10.0. The minimum absolute atomic E-state index is 0. The Kier molecular flexibility index (Phi) is 9.19. The average Bonchev–Trinajstić information content (AvgIpc) is 3.13. The Morgan fingerprint density at radius 2 is 1.77 bits per heavy atom. The number of aliphatic imine (C=N–C) groups is 1. The van der Waals surface area contributed by atoms with Crippen molar-refractivity contribution in [2.75, 3.05) is 39.8 Å². The summed E-state index contributed by atoms with van der Waals surface area (Å²) in [6, 6.07) is 11.0. The first-order valence-corrected chi connectivity index (χ1v) is 10.0. The number of benzene rings is 1. The highest BCUT2D eigenvalue weighted by Crippen LogP contribution is 2.43. The molecule has 1 aliphatic carbocycles. The average molecular weight is 470 g/mol. The predicted octanol–water partition coefficient (Wildman–Crippen LogP) is 3.77. The van der Waals surface area contributed by atoms with Crippen LogP contribution in [0.3, 0.4) is 0 Å². The van der Waals surface area contributed by atoms with Gasteiger partial charge in [-0.3, -0.25) is 4.99 Å². The molecule has 1 saturated heterocycles. The Labute approximate surface area is 176 Å². The van der Waals surface area contributed by atoms with E-state index in [0.29, 0.717) is 5.41 Å². The third-order valence-corrected chi connectivity index (χ3v) is 5.91. The summed E-state index contributed by atoms with van der Waals surface area (Å²) in [7, 11) is 1.87. The zero-order valence-electron chi connectivity index (χ0n) is 16.2. The first-order chi connectivity index (χ1) is 12.3. The molecule has 0 atom stereocenters. The van der Waals surface area contributed by atoms with Gasteiger partial charge in [-0.2, -0.15) is 0 Å². The number of nitrogens with one attached hydrogen (secondary N) is 2. The molecule has 1 aromatic rings. The Morgan fingerprint density at radius 3 is 2.38 bits per heavy atom. The van der Waals surface area contributed by atoms with Crippen LogP contribution in [-0.2, 0) is 5.41 Å². The minimum Gasteiger partial charge on any atom is -0.356 e. The molecule has 4 nitrogen and oxygen atoms in total. The lowest BCUT2D eigenvalue weighted by atomic mass is 9.64. The van der Waals surface area contributed by atoms with Crippen molar-refractivity contribution in [3.63, 3.8) is 0 Å². The summed E-state index contributed by atoms with van der Waals surface area (Å²) < 4.78 is 0. The van der Waals surface area contributed by atoms with Crippen LogP contribution in [-0.4, -0.2) is 50.6 Å². The van der Waals surface area contributed by atoms with Crippen LogP contribution in [0.25, 0.3) is 0 Å². The Morgan fingerprint density at radius 1 is 1.04 bits per heavy atom. The lowest BCUT2D eigenvalue weighted by Crippen LogP contribution is -2.49. The molecule has 1 saturated carbocycles. The zero-order chi connectivity index (χ0) is 17.4. The Bertz CT molecular complexity index is 536. The highest BCUT2D eigenvalue weighted by molar-refractivity contribution is 14.0. The van der Waals surface area contributed by atoms with Crippen LogP contribution in [0.1, 0.15) is 50.5 Å². The van der Waals surface area contributed by atoms with Crippen LogP contribution in [0.2, 0.25) is 0 Å². The summed E-state index contributed by atoms with van der Waals surface area (Å²) in [5.74, 6) is 0.948. The van der Waals surface area contributed by atoms with Crippen molar-refractivity contribution in [2.24, 2.45) is 4.99 Å². The number of unbranched alkanes of at least 4 members (excludes halogenated alkanes) is 1. The van der Waals surface area contributed by atoms with Crippen molar-refractivity contribution < 1.29 is 0 Å². The van der Waals surface area contributed by atoms with Gasteiger partial charge in [-0.25, -0.2) is 0 Å². The van der Waals surface area contributed by atoms with E-state index in [2.05, 4.69) is 50.9 Å². The molecule has 2 fully saturated rings. The van der Waals surface area contributed by atoms with Crippen molar-refractivity contribution in [1.29, 1.82) is 0 Å². The van der Waals surface area contributed by atoms with Gasteiger partial charge in [-0.05, 0) is 63.7 Å². The fourth-order valence-electron chi connectivity index (χ4n) is 4.11. The molecule has 146 valence electrons. The van der Waals surface area contributed by atoms with E-state index in [1.165, 1.54) is 70.1 Å². The van der Waals surface area contributed by atoms with Gasteiger partial charge in [0.25, 0.3) is 0 Å². The molecular weight excluding hydrogens is 435 g/mol. The molecule has 0 radical (unpaired) electrons. The van der Waals surface area contributed by atoms with E-state index in [0.717, 1.165) is 19.0 Å². The van der Waals surface area contributed by atoms with Gasteiger partial charge in [-0.15, -0.1) is 24.0 Å². The van der Waals surface area contributed by atoms with E-state index < -0.39 is 0 Å². The van der Waals surface area contributed by atoms with E-state index >= 15 is 0 Å². The maximum atomic E-state index is 4.40. The van der Waals surface area contributed by atoms with Crippen molar-refractivity contribution in [3.8, 4) is 0 Å². The van der Waals surface area contributed by atoms with Crippen LogP contribution in [0.5, 0.6) is 0 Å². The summed E-state index contributed by atoms with van der Waals surface area (Å²) in [4.78, 5) is 6.99. The van der Waals surface area contributed by atoms with E-state index in [-0.39, 0.29) is 24.0 Å². The van der Waals surface area contributed by atoms with Gasteiger partial charge >= 0.3 is 0 Å². The molecule has 0 amide bonds.